The van der Waals surface area contributed by atoms with E-state index >= 15 is 0 Å². The third-order valence-electron chi connectivity index (χ3n) is 2.27. The average molecular weight is 198 g/mol. The Morgan fingerprint density at radius 1 is 1.21 bits per heavy atom. The fourth-order valence-electron chi connectivity index (χ4n) is 1.39. The van der Waals surface area contributed by atoms with Crippen LogP contribution in [0.2, 0.25) is 0 Å². The van der Waals surface area contributed by atoms with Crippen molar-refractivity contribution in [3.05, 3.63) is 12.7 Å². The normalized spacial score (nSPS) is 10.8. The first-order chi connectivity index (χ1) is 6.81. The van der Waals surface area contributed by atoms with Crippen LogP contribution in [0, 0.1) is 0 Å². The third kappa shape index (κ3) is 9.75. The van der Waals surface area contributed by atoms with E-state index in [1.807, 2.05) is 6.08 Å². The molecule has 0 atom stereocenters. The minimum absolute atomic E-state index is 1.14. The monoisotopic (exact) mass is 198 g/mol. The smallest absolute Gasteiger partial charge is 0.000969 e. The second-order valence-electron chi connectivity index (χ2n) is 3.84. The lowest BCUT2D eigenvalue weighted by molar-refractivity contribution is 0.323. The Bertz CT molecular complexity index is 123. The standard InChI is InChI=1S/C12H26N2/c1-4-6-7-11-14(3)12-8-10-13-9-5-2/h4,13H,1,5-12H2,2-3H3. The number of hydrogen-bond donors (Lipinski definition) is 1. The summed E-state index contributed by atoms with van der Waals surface area (Å²) in [5, 5.41) is 3.41. The number of nitrogens with one attached hydrogen (secondary N) is 1. The van der Waals surface area contributed by atoms with Crippen molar-refractivity contribution >= 4 is 0 Å². The summed E-state index contributed by atoms with van der Waals surface area (Å²) in [5.74, 6) is 0. The lowest BCUT2D eigenvalue weighted by Gasteiger charge is -2.15. The highest BCUT2D eigenvalue weighted by atomic mass is 15.1. The van der Waals surface area contributed by atoms with Gasteiger partial charge in [-0.3, -0.25) is 0 Å². The fraction of sp³-hybridized carbons (Fsp3) is 0.833. The molecule has 14 heavy (non-hydrogen) atoms. The number of rotatable bonds is 10. The average Bonchev–Trinajstić information content (AvgIpc) is 2.18. The second kappa shape index (κ2) is 10.7. The van der Waals surface area contributed by atoms with Crippen LogP contribution >= 0.6 is 0 Å². The van der Waals surface area contributed by atoms with Crippen molar-refractivity contribution in [2.45, 2.75) is 32.6 Å². The zero-order valence-electron chi connectivity index (χ0n) is 9.89. The van der Waals surface area contributed by atoms with E-state index in [1.165, 1.54) is 32.4 Å². The first-order valence-electron chi connectivity index (χ1n) is 5.81. The lowest BCUT2D eigenvalue weighted by Crippen LogP contribution is -2.25. The number of allylic oxidation sites excluding steroid dienone is 1. The maximum absolute atomic E-state index is 3.72. The highest BCUT2D eigenvalue weighted by molar-refractivity contribution is 4.66. The predicted octanol–water partition coefficient (Wildman–Crippen LogP) is 2.27. The lowest BCUT2D eigenvalue weighted by atomic mass is 10.3. The van der Waals surface area contributed by atoms with Gasteiger partial charge in [-0.25, -0.2) is 0 Å². The van der Waals surface area contributed by atoms with Crippen LogP contribution in [-0.2, 0) is 0 Å². The van der Waals surface area contributed by atoms with Gasteiger partial charge < -0.3 is 10.2 Å². The van der Waals surface area contributed by atoms with Crippen LogP contribution < -0.4 is 5.32 Å². The van der Waals surface area contributed by atoms with Crippen LogP contribution in [0.1, 0.15) is 32.6 Å². The molecule has 0 aromatic rings. The summed E-state index contributed by atoms with van der Waals surface area (Å²) in [6, 6.07) is 0. The van der Waals surface area contributed by atoms with Crippen molar-refractivity contribution in [1.29, 1.82) is 0 Å². The Balaban J connectivity index is 3.09. The van der Waals surface area contributed by atoms with E-state index in [0.29, 0.717) is 0 Å². The van der Waals surface area contributed by atoms with E-state index in [-0.39, 0.29) is 0 Å². The van der Waals surface area contributed by atoms with Crippen LogP contribution in [0.5, 0.6) is 0 Å². The second-order valence-corrected chi connectivity index (χ2v) is 3.84. The van der Waals surface area contributed by atoms with Crippen molar-refractivity contribution < 1.29 is 0 Å². The molecule has 0 fully saturated rings. The van der Waals surface area contributed by atoms with E-state index in [2.05, 4.69) is 30.8 Å². The van der Waals surface area contributed by atoms with Crippen molar-refractivity contribution in [3.63, 3.8) is 0 Å². The van der Waals surface area contributed by atoms with Gasteiger partial charge in [-0.15, -0.1) is 6.58 Å². The first-order valence-corrected chi connectivity index (χ1v) is 5.81. The molecule has 0 aliphatic heterocycles. The number of hydrogen-bond acceptors (Lipinski definition) is 2. The molecule has 0 unspecified atom stereocenters. The van der Waals surface area contributed by atoms with Gasteiger partial charge in [0.05, 0.1) is 0 Å². The van der Waals surface area contributed by atoms with Crippen LogP contribution in [0.4, 0.5) is 0 Å². The summed E-state index contributed by atoms with van der Waals surface area (Å²) in [5.41, 5.74) is 0. The first kappa shape index (κ1) is 13.7. The van der Waals surface area contributed by atoms with Crippen LogP contribution in [-0.4, -0.2) is 38.1 Å². The quantitative estimate of drug-likeness (QED) is 0.428. The molecule has 0 heterocycles. The fourth-order valence-corrected chi connectivity index (χ4v) is 1.39. The molecule has 0 aromatic carbocycles. The van der Waals surface area contributed by atoms with Gasteiger partial charge in [-0.05, 0) is 58.9 Å². The molecule has 0 amide bonds. The van der Waals surface area contributed by atoms with Crippen molar-refractivity contribution in [2.24, 2.45) is 0 Å². The third-order valence-corrected chi connectivity index (χ3v) is 2.27. The van der Waals surface area contributed by atoms with Gasteiger partial charge in [-0.2, -0.15) is 0 Å². The van der Waals surface area contributed by atoms with Crippen LogP contribution in [0.3, 0.4) is 0 Å². The summed E-state index contributed by atoms with van der Waals surface area (Å²) in [7, 11) is 2.20. The van der Waals surface area contributed by atoms with Gasteiger partial charge in [0.25, 0.3) is 0 Å². The summed E-state index contributed by atoms with van der Waals surface area (Å²) in [6.07, 6.45) is 6.86. The molecule has 84 valence electrons. The highest BCUT2D eigenvalue weighted by Gasteiger charge is 1.96. The Kier molecular flexibility index (Phi) is 10.5. The zero-order valence-corrected chi connectivity index (χ0v) is 9.89. The number of unbranched alkanes of at least 4 members (excludes halogenated alkanes) is 1. The van der Waals surface area contributed by atoms with Gasteiger partial charge >= 0.3 is 0 Å². The molecule has 0 aliphatic rings. The Morgan fingerprint density at radius 2 is 1.93 bits per heavy atom. The van der Waals surface area contributed by atoms with E-state index in [1.54, 1.807) is 0 Å². The SMILES string of the molecule is C=CCCCN(C)CCCNCCC. The molecular weight excluding hydrogens is 172 g/mol. The minimum Gasteiger partial charge on any atom is -0.317 e. The Hall–Kier alpha value is -0.340. The molecule has 0 spiro atoms. The van der Waals surface area contributed by atoms with Gasteiger partial charge in [0.1, 0.15) is 0 Å². The Morgan fingerprint density at radius 3 is 2.57 bits per heavy atom. The molecule has 2 heteroatoms. The van der Waals surface area contributed by atoms with E-state index in [4.69, 9.17) is 0 Å². The van der Waals surface area contributed by atoms with Gasteiger partial charge in [0.15, 0.2) is 0 Å². The Labute approximate surface area is 89.4 Å². The van der Waals surface area contributed by atoms with Crippen LogP contribution in [0.15, 0.2) is 12.7 Å². The molecule has 0 aromatic heterocycles. The van der Waals surface area contributed by atoms with E-state index in [9.17, 15) is 0 Å². The number of nitrogens with zero attached hydrogens (tertiary/aromatic N) is 1. The predicted molar refractivity (Wildman–Crippen MR) is 64.7 cm³/mol. The summed E-state index contributed by atoms with van der Waals surface area (Å²) >= 11 is 0. The maximum atomic E-state index is 3.72. The molecule has 2 nitrogen and oxygen atoms in total. The molecule has 0 rings (SSSR count). The maximum Gasteiger partial charge on any atom is -0.000969 e. The molecule has 1 N–H and O–H groups in total. The van der Waals surface area contributed by atoms with Gasteiger partial charge in [0, 0.05) is 0 Å². The summed E-state index contributed by atoms with van der Waals surface area (Å²) < 4.78 is 0. The molecule has 0 saturated carbocycles. The van der Waals surface area contributed by atoms with Crippen molar-refractivity contribution in [1.82, 2.24) is 10.2 Å². The van der Waals surface area contributed by atoms with Gasteiger partial charge in [0.2, 0.25) is 0 Å². The molecule has 0 radical (unpaired) electrons. The molecule has 0 bridgehead atoms. The molecular formula is C12H26N2. The largest absolute Gasteiger partial charge is 0.317 e. The topological polar surface area (TPSA) is 15.3 Å². The highest BCUT2D eigenvalue weighted by Crippen LogP contribution is 1.94. The van der Waals surface area contributed by atoms with Crippen molar-refractivity contribution in [2.75, 3.05) is 33.2 Å². The molecule has 0 aliphatic carbocycles. The van der Waals surface area contributed by atoms with E-state index in [0.717, 1.165) is 19.5 Å². The minimum atomic E-state index is 1.14. The van der Waals surface area contributed by atoms with Gasteiger partial charge in [-0.1, -0.05) is 13.0 Å². The van der Waals surface area contributed by atoms with Crippen molar-refractivity contribution in [3.8, 4) is 0 Å². The summed E-state index contributed by atoms with van der Waals surface area (Å²) in [4.78, 5) is 2.40. The van der Waals surface area contributed by atoms with Crippen LogP contribution in [0.25, 0.3) is 0 Å². The summed E-state index contributed by atoms with van der Waals surface area (Å²) in [6.45, 7) is 10.6. The van der Waals surface area contributed by atoms with E-state index < -0.39 is 0 Å². The zero-order chi connectivity index (χ0) is 10.6. The molecule has 0 saturated heterocycles.